The first-order valence-electron chi connectivity index (χ1n) is 7.12. The van der Waals surface area contributed by atoms with Crippen LogP contribution in [0.4, 0.5) is 11.6 Å². The molecular formula is C14H22N4O. The molecule has 5 heteroatoms. The second kappa shape index (κ2) is 6.50. The number of amides is 1. The van der Waals surface area contributed by atoms with Gasteiger partial charge in [0.25, 0.3) is 0 Å². The van der Waals surface area contributed by atoms with Crippen molar-refractivity contribution >= 4 is 17.5 Å². The third kappa shape index (κ3) is 3.43. The minimum Gasteiger partial charge on any atom is -0.341 e. The number of nitrogens with one attached hydrogen (secondary N) is 1. The average Bonchev–Trinajstić information content (AvgIpc) is 2.95. The van der Waals surface area contributed by atoms with Crippen molar-refractivity contribution in [2.45, 2.75) is 39.5 Å². The minimum atomic E-state index is 0.0579. The summed E-state index contributed by atoms with van der Waals surface area (Å²) in [6, 6.07) is 0. The van der Waals surface area contributed by atoms with E-state index < -0.39 is 0 Å². The molecule has 0 spiro atoms. The van der Waals surface area contributed by atoms with Crippen LogP contribution in [-0.2, 0) is 4.79 Å². The molecule has 1 aliphatic rings. The number of carbonyl (C=O) groups excluding carboxylic acids is 1. The highest BCUT2D eigenvalue weighted by atomic mass is 16.1. The highest BCUT2D eigenvalue weighted by molar-refractivity contribution is 5.92. The fourth-order valence-corrected chi connectivity index (χ4v) is 2.37. The number of aromatic nitrogens is 2. The molecule has 1 amide bonds. The molecule has 0 bridgehead atoms. The topological polar surface area (TPSA) is 58.1 Å². The largest absolute Gasteiger partial charge is 0.341 e. The number of hydrogen-bond donors (Lipinski definition) is 1. The van der Waals surface area contributed by atoms with E-state index in [1.54, 1.807) is 12.4 Å². The normalized spacial score (nSPS) is 15.0. The summed E-state index contributed by atoms with van der Waals surface area (Å²) in [5.41, 5.74) is 0.680. The Kier molecular flexibility index (Phi) is 4.71. The van der Waals surface area contributed by atoms with Crippen molar-refractivity contribution < 1.29 is 4.79 Å². The van der Waals surface area contributed by atoms with Crippen molar-refractivity contribution in [3.63, 3.8) is 0 Å². The van der Waals surface area contributed by atoms with Gasteiger partial charge in [0.2, 0.25) is 11.9 Å². The van der Waals surface area contributed by atoms with E-state index in [9.17, 15) is 4.79 Å². The SMILES string of the molecule is CCC(CC)C(=O)Nc1cnc(N2CCCC2)nc1. The van der Waals surface area contributed by atoms with Crippen molar-refractivity contribution in [2.75, 3.05) is 23.3 Å². The maximum atomic E-state index is 11.9. The molecule has 2 heterocycles. The quantitative estimate of drug-likeness (QED) is 0.885. The lowest BCUT2D eigenvalue weighted by Crippen LogP contribution is -2.23. The maximum Gasteiger partial charge on any atom is 0.227 e. The van der Waals surface area contributed by atoms with Crippen molar-refractivity contribution in [2.24, 2.45) is 5.92 Å². The monoisotopic (exact) mass is 262 g/mol. The summed E-state index contributed by atoms with van der Waals surface area (Å²) in [4.78, 5) is 22.8. The van der Waals surface area contributed by atoms with Crippen LogP contribution in [0.3, 0.4) is 0 Å². The van der Waals surface area contributed by atoms with Gasteiger partial charge in [-0.1, -0.05) is 13.8 Å². The third-order valence-corrected chi connectivity index (χ3v) is 3.65. The fraction of sp³-hybridized carbons (Fsp3) is 0.643. The molecular weight excluding hydrogens is 240 g/mol. The van der Waals surface area contributed by atoms with E-state index in [0.29, 0.717) is 5.69 Å². The fourth-order valence-electron chi connectivity index (χ4n) is 2.37. The van der Waals surface area contributed by atoms with Crippen molar-refractivity contribution in [3.8, 4) is 0 Å². The Hall–Kier alpha value is -1.65. The van der Waals surface area contributed by atoms with Crippen LogP contribution in [0.25, 0.3) is 0 Å². The predicted molar refractivity (Wildman–Crippen MR) is 76.2 cm³/mol. The number of nitrogens with zero attached hydrogens (tertiary/aromatic N) is 3. The van der Waals surface area contributed by atoms with E-state index >= 15 is 0 Å². The zero-order valence-electron chi connectivity index (χ0n) is 11.7. The number of anilines is 2. The molecule has 1 fully saturated rings. The molecule has 0 aliphatic carbocycles. The van der Waals surface area contributed by atoms with Crippen LogP contribution in [0.1, 0.15) is 39.5 Å². The van der Waals surface area contributed by atoms with Gasteiger partial charge in [0.1, 0.15) is 0 Å². The second-order valence-electron chi connectivity index (χ2n) is 4.97. The van der Waals surface area contributed by atoms with Gasteiger partial charge >= 0.3 is 0 Å². The molecule has 1 N–H and O–H groups in total. The van der Waals surface area contributed by atoms with Crippen molar-refractivity contribution in [1.82, 2.24) is 9.97 Å². The van der Waals surface area contributed by atoms with Crippen LogP contribution in [0.15, 0.2) is 12.4 Å². The molecule has 1 saturated heterocycles. The van der Waals surface area contributed by atoms with Crippen molar-refractivity contribution in [1.29, 1.82) is 0 Å². The maximum absolute atomic E-state index is 11.9. The van der Waals surface area contributed by atoms with Crippen LogP contribution >= 0.6 is 0 Å². The third-order valence-electron chi connectivity index (χ3n) is 3.65. The molecule has 104 valence electrons. The van der Waals surface area contributed by atoms with Crippen molar-refractivity contribution in [3.05, 3.63) is 12.4 Å². The summed E-state index contributed by atoms with van der Waals surface area (Å²) in [5, 5.41) is 2.88. The molecule has 19 heavy (non-hydrogen) atoms. The molecule has 0 radical (unpaired) electrons. The molecule has 1 aliphatic heterocycles. The van der Waals surface area contributed by atoms with Crippen LogP contribution in [0.2, 0.25) is 0 Å². The zero-order valence-corrected chi connectivity index (χ0v) is 11.7. The van der Waals surface area contributed by atoms with E-state index in [0.717, 1.165) is 31.9 Å². The van der Waals surface area contributed by atoms with Gasteiger partial charge in [-0.3, -0.25) is 4.79 Å². The summed E-state index contributed by atoms with van der Waals surface area (Å²) in [5.74, 6) is 0.888. The Balaban J connectivity index is 1.96. The van der Waals surface area contributed by atoms with E-state index in [1.807, 2.05) is 13.8 Å². The van der Waals surface area contributed by atoms with Crippen LogP contribution in [0, 0.1) is 5.92 Å². The standard InChI is InChI=1S/C14H22N4O/c1-3-11(4-2)13(19)17-12-9-15-14(16-10-12)18-7-5-6-8-18/h9-11H,3-8H2,1-2H3,(H,17,19). The van der Waals surface area contributed by atoms with Crippen LogP contribution in [0.5, 0.6) is 0 Å². The van der Waals surface area contributed by atoms with Gasteiger partial charge in [-0.15, -0.1) is 0 Å². The number of carbonyl (C=O) groups is 1. The van der Waals surface area contributed by atoms with E-state index in [2.05, 4.69) is 20.2 Å². The smallest absolute Gasteiger partial charge is 0.227 e. The zero-order chi connectivity index (χ0) is 13.7. The first kappa shape index (κ1) is 13.8. The van der Waals surface area contributed by atoms with Gasteiger partial charge in [-0.2, -0.15) is 0 Å². The summed E-state index contributed by atoms with van der Waals surface area (Å²) in [6.45, 7) is 6.11. The Labute approximate surface area is 114 Å². The Morgan fingerprint density at radius 2 is 1.84 bits per heavy atom. The lowest BCUT2D eigenvalue weighted by atomic mass is 10.0. The minimum absolute atomic E-state index is 0.0579. The summed E-state index contributed by atoms with van der Waals surface area (Å²) >= 11 is 0. The van der Waals surface area contributed by atoms with E-state index in [4.69, 9.17) is 0 Å². The van der Waals surface area contributed by atoms with Gasteiger partial charge in [0, 0.05) is 19.0 Å². The number of rotatable bonds is 5. The number of hydrogen-bond acceptors (Lipinski definition) is 4. The Morgan fingerprint density at radius 3 is 2.37 bits per heavy atom. The molecule has 0 saturated carbocycles. The molecule has 5 nitrogen and oxygen atoms in total. The van der Waals surface area contributed by atoms with Gasteiger partial charge in [-0.05, 0) is 25.7 Å². The van der Waals surface area contributed by atoms with E-state index in [1.165, 1.54) is 12.8 Å². The van der Waals surface area contributed by atoms with Gasteiger partial charge in [0.05, 0.1) is 18.1 Å². The Bertz CT molecular complexity index is 408. The predicted octanol–water partition coefficient (Wildman–Crippen LogP) is 2.45. The first-order valence-corrected chi connectivity index (χ1v) is 7.12. The molecule has 1 aromatic heterocycles. The molecule has 0 atom stereocenters. The molecule has 0 aromatic carbocycles. The first-order chi connectivity index (χ1) is 9.24. The highest BCUT2D eigenvalue weighted by Crippen LogP contribution is 2.17. The summed E-state index contributed by atoms with van der Waals surface area (Å²) in [7, 11) is 0. The molecule has 1 aromatic rings. The Morgan fingerprint density at radius 1 is 1.26 bits per heavy atom. The molecule has 0 unspecified atom stereocenters. The second-order valence-corrected chi connectivity index (χ2v) is 4.97. The average molecular weight is 262 g/mol. The van der Waals surface area contributed by atoms with Crippen LogP contribution in [-0.4, -0.2) is 29.0 Å². The van der Waals surface area contributed by atoms with Gasteiger partial charge in [-0.25, -0.2) is 9.97 Å². The summed E-state index contributed by atoms with van der Waals surface area (Å²) < 4.78 is 0. The van der Waals surface area contributed by atoms with Gasteiger partial charge < -0.3 is 10.2 Å². The van der Waals surface area contributed by atoms with Crippen LogP contribution < -0.4 is 10.2 Å². The summed E-state index contributed by atoms with van der Waals surface area (Å²) in [6.07, 6.45) is 7.51. The lowest BCUT2D eigenvalue weighted by Gasteiger charge is -2.16. The molecule has 2 rings (SSSR count). The highest BCUT2D eigenvalue weighted by Gasteiger charge is 2.16. The van der Waals surface area contributed by atoms with Gasteiger partial charge in [0.15, 0.2) is 0 Å². The van der Waals surface area contributed by atoms with E-state index in [-0.39, 0.29) is 11.8 Å². The lowest BCUT2D eigenvalue weighted by molar-refractivity contribution is -0.120.